The van der Waals surface area contributed by atoms with E-state index in [4.69, 9.17) is 4.74 Å². The van der Waals surface area contributed by atoms with Gasteiger partial charge in [-0.05, 0) is 69.2 Å². The molecular weight excluding hydrogens is 402 g/mol. The minimum absolute atomic E-state index is 0.0499. The standard InChI is InChI=1S/C19H30O.C8H11N.2C2H6/c1-5-12-19(13-14-20-18(4,7-3)15-19)17-11-9-8-10-16(17)6-2;1-7-3-5-8(9-2)6-4-7;2*1-2/h8-11H,5-7,12-15H2,1-4H3;3-6,9H,1-2H3;2*1-2H3. The van der Waals surface area contributed by atoms with E-state index >= 15 is 0 Å². The topological polar surface area (TPSA) is 21.3 Å². The summed E-state index contributed by atoms with van der Waals surface area (Å²) in [6.07, 6.45) is 7.10. The molecule has 2 unspecified atom stereocenters. The Kier molecular flexibility index (Phi) is 15.8. The Morgan fingerprint density at radius 3 is 2.03 bits per heavy atom. The van der Waals surface area contributed by atoms with Crippen molar-refractivity contribution in [3.63, 3.8) is 0 Å². The molecule has 0 amide bonds. The predicted molar refractivity (Wildman–Crippen MR) is 150 cm³/mol. The lowest BCUT2D eigenvalue weighted by molar-refractivity contribution is -0.0983. The van der Waals surface area contributed by atoms with Gasteiger partial charge >= 0.3 is 0 Å². The number of nitrogens with one attached hydrogen (secondary N) is 1. The quantitative estimate of drug-likeness (QED) is 0.468. The zero-order valence-electron chi connectivity index (χ0n) is 23.5. The van der Waals surface area contributed by atoms with Gasteiger partial charge in [-0.25, -0.2) is 0 Å². The van der Waals surface area contributed by atoms with Crippen LogP contribution in [0.5, 0.6) is 0 Å². The van der Waals surface area contributed by atoms with Gasteiger partial charge in [0, 0.05) is 24.8 Å². The van der Waals surface area contributed by atoms with E-state index in [1.54, 1.807) is 5.56 Å². The first-order chi connectivity index (χ1) is 15.9. The molecule has 1 saturated heterocycles. The van der Waals surface area contributed by atoms with Crippen LogP contribution in [0.25, 0.3) is 0 Å². The third-order valence-electron chi connectivity index (χ3n) is 6.53. The summed E-state index contributed by atoms with van der Waals surface area (Å²) in [6.45, 7) is 20.1. The van der Waals surface area contributed by atoms with Crippen molar-refractivity contribution in [2.45, 2.75) is 112 Å². The summed E-state index contributed by atoms with van der Waals surface area (Å²) < 4.78 is 6.11. The van der Waals surface area contributed by atoms with Crippen molar-refractivity contribution in [1.29, 1.82) is 0 Å². The average Bonchev–Trinajstić information content (AvgIpc) is 2.87. The highest BCUT2D eigenvalue weighted by molar-refractivity contribution is 5.43. The van der Waals surface area contributed by atoms with Crippen molar-refractivity contribution in [3.8, 4) is 0 Å². The smallest absolute Gasteiger partial charge is 0.0660 e. The zero-order chi connectivity index (χ0) is 25.3. The van der Waals surface area contributed by atoms with Gasteiger partial charge in [-0.2, -0.15) is 0 Å². The summed E-state index contributed by atoms with van der Waals surface area (Å²) in [4.78, 5) is 0. The molecule has 0 bridgehead atoms. The van der Waals surface area contributed by atoms with E-state index < -0.39 is 0 Å². The fourth-order valence-corrected chi connectivity index (χ4v) is 4.70. The van der Waals surface area contributed by atoms with Crippen LogP contribution in [-0.2, 0) is 16.6 Å². The molecule has 1 heterocycles. The SMILES string of the molecule is CC.CC.CCCC1(c2ccccc2CC)CCOC(C)(CC)C1.CNc1ccc(C)cc1. The first-order valence-electron chi connectivity index (χ1n) is 13.4. The molecule has 2 atom stereocenters. The van der Waals surface area contributed by atoms with Gasteiger partial charge in [0.2, 0.25) is 0 Å². The number of hydrogen-bond acceptors (Lipinski definition) is 2. The molecule has 0 spiro atoms. The molecule has 1 aliphatic heterocycles. The summed E-state index contributed by atoms with van der Waals surface area (Å²) in [5.74, 6) is 0. The van der Waals surface area contributed by atoms with Gasteiger partial charge in [0.25, 0.3) is 0 Å². The van der Waals surface area contributed by atoms with Crippen LogP contribution in [0.15, 0.2) is 48.5 Å². The minimum Gasteiger partial charge on any atom is -0.388 e. The fourth-order valence-electron chi connectivity index (χ4n) is 4.70. The highest BCUT2D eigenvalue weighted by Crippen LogP contribution is 2.47. The Balaban J connectivity index is 0.000000658. The van der Waals surface area contributed by atoms with Gasteiger partial charge in [-0.15, -0.1) is 0 Å². The van der Waals surface area contributed by atoms with E-state index in [0.717, 1.165) is 19.4 Å². The van der Waals surface area contributed by atoms with Gasteiger partial charge in [0.15, 0.2) is 0 Å². The second kappa shape index (κ2) is 16.8. The fraction of sp³-hybridized carbons (Fsp3) is 0.613. The van der Waals surface area contributed by atoms with Crippen LogP contribution in [0.1, 0.15) is 104 Å². The molecule has 2 aromatic rings. The van der Waals surface area contributed by atoms with Crippen LogP contribution < -0.4 is 5.32 Å². The maximum atomic E-state index is 6.11. The van der Waals surface area contributed by atoms with Crippen molar-refractivity contribution < 1.29 is 4.74 Å². The van der Waals surface area contributed by atoms with E-state index in [1.165, 1.54) is 42.5 Å². The monoisotopic (exact) mass is 455 g/mol. The lowest BCUT2D eigenvalue weighted by atomic mass is 9.65. The third kappa shape index (κ3) is 9.53. The average molecular weight is 456 g/mol. The normalized spacial score (nSPS) is 21.3. The molecule has 1 N–H and O–H groups in total. The summed E-state index contributed by atoms with van der Waals surface area (Å²) in [6, 6.07) is 17.4. The maximum Gasteiger partial charge on any atom is 0.0660 e. The lowest BCUT2D eigenvalue weighted by Crippen LogP contribution is -2.45. The maximum absolute atomic E-state index is 6.11. The summed E-state index contributed by atoms with van der Waals surface area (Å²) in [5.41, 5.74) is 5.96. The van der Waals surface area contributed by atoms with Gasteiger partial charge in [-0.3, -0.25) is 0 Å². The van der Waals surface area contributed by atoms with Crippen LogP contribution >= 0.6 is 0 Å². The van der Waals surface area contributed by atoms with Crippen LogP contribution in [0, 0.1) is 6.92 Å². The van der Waals surface area contributed by atoms with Crippen molar-refractivity contribution in [1.82, 2.24) is 0 Å². The first kappa shape index (κ1) is 31.2. The molecule has 0 aromatic heterocycles. The Hall–Kier alpha value is -1.80. The molecule has 1 fully saturated rings. The summed E-state index contributed by atoms with van der Waals surface area (Å²) in [7, 11) is 1.92. The van der Waals surface area contributed by atoms with Crippen molar-refractivity contribution in [2.75, 3.05) is 19.0 Å². The van der Waals surface area contributed by atoms with Gasteiger partial charge in [0.05, 0.1) is 5.60 Å². The summed E-state index contributed by atoms with van der Waals surface area (Å²) >= 11 is 0. The van der Waals surface area contributed by atoms with Crippen molar-refractivity contribution >= 4 is 5.69 Å². The third-order valence-corrected chi connectivity index (χ3v) is 6.53. The van der Waals surface area contributed by atoms with Crippen molar-refractivity contribution in [2.24, 2.45) is 0 Å². The Bertz CT molecular complexity index is 735. The van der Waals surface area contributed by atoms with E-state index in [1.807, 2.05) is 34.7 Å². The molecule has 1 aliphatic rings. The molecule has 33 heavy (non-hydrogen) atoms. The van der Waals surface area contributed by atoms with Gasteiger partial charge in [0.1, 0.15) is 0 Å². The van der Waals surface area contributed by atoms with E-state index in [9.17, 15) is 0 Å². The molecule has 3 rings (SSSR count). The Labute approximate surface area is 206 Å². The predicted octanol–water partition coefficient (Wildman–Crippen LogP) is 9.36. The molecule has 0 radical (unpaired) electrons. The van der Waals surface area contributed by atoms with Crippen molar-refractivity contribution in [3.05, 3.63) is 65.2 Å². The minimum atomic E-state index is 0.0499. The van der Waals surface area contributed by atoms with Crippen LogP contribution in [0.4, 0.5) is 5.69 Å². The lowest BCUT2D eigenvalue weighted by Gasteiger charge is -2.47. The molecule has 2 nitrogen and oxygen atoms in total. The highest BCUT2D eigenvalue weighted by Gasteiger charge is 2.43. The largest absolute Gasteiger partial charge is 0.388 e. The molecular formula is C31H53NO. The number of rotatable bonds is 6. The Morgan fingerprint density at radius 2 is 1.52 bits per heavy atom. The van der Waals surface area contributed by atoms with E-state index in [-0.39, 0.29) is 5.60 Å². The molecule has 188 valence electrons. The van der Waals surface area contributed by atoms with Crippen LogP contribution in [-0.4, -0.2) is 19.3 Å². The van der Waals surface area contributed by atoms with Crippen LogP contribution in [0.2, 0.25) is 0 Å². The summed E-state index contributed by atoms with van der Waals surface area (Å²) in [5, 5.41) is 3.05. The van der Waals surface area contributed by atoms with E-state index in [2.05, 4.69) is 88.5 Å². The van der Waals surface area contributed by atoms with Gasteiger partial charge < -0.3 is 10.1 Å². The first-order valence-corrected chi connectivity index (χ1v) is 13.4. The number of hydrogen-bond donors (Lipinski definition) is 1. The molecule has 0 aliphatic carbocycles. The molecule has 2 aromatic carbocycles. The van der Waals surface area contributed by atoms with Gasteiger partial charge in [-0.1, -0.05) is 96.8 Å². The second-order valence-corrected chi connectivity index (χ2v) is 8.74. The Morgan fingerprint density at radius 1 is 0.909 bits per heavy atom. The molecule has 0 saturated carbocycles. The van der Waals surface area contributed by atoms with Crippen LogP contribution in [0.3, 0.4) is 0 Å². The van der Waals surface area contributed by atoms with E-state index in [0.29, 0.717) is 5.41 Å². The number of aryl methyl sites for hydroxylation is 2. The zero-order valence-corrected chi connectivity index (χ0v) is 23.5. The second-order valence-electron chi connectivity index (χ2n) is 8.74. The number of ether oxygens (including phenoxy) is 1. The number of anilines is 1. The molecule has 2 heteroatoms. The number of benzene rings is 2. The highest BCUT2D eigenvalue weighted by atomic mass is 16.5.